The SMILES string of the molecule is Cn1ncc(C(=O)Cc2ccc(Oc3cccn4nccc34)c(F)c2)c1C(F)(F)F. The summed E-state index contributed by atoms with van der Waals surface area (Å²) in [6, 6.07) is 8.85. The van der Waals surface area contributed by atoms with Crippen LogP contribution in [-0.4, -0.2) is 25.2 Å². The second-order valence-corrected chi connectivity index (χ2v) is 6.53. The van der Waals surface area contributed by atoms with Gasteiger partial charge in [-0.15, -0.1) is 0 Å². The number of aromatic nitrogens is 4. The molecule has 0 amide bonds. The number of ether oxygens (including phenoxy) is 1. The van der Waals surface area contributed by atoms with Crippen molar-refractivity contribution < 1.29 is 27.1 Å². The number of rotatable bonds is 5. The summed E-state index contributed by atoms with van der Waals surface area (Å²) in [5, 5.41) is 7.58. The van der Waals surface area contributed by atoms with E-state index >= 15 is 0 Å². The van der Waals surface area contributed by atoms with Crippen molar-refractivity contribution >= 4 is 11.3 Å². The molecule has 0 aliphatic heterocycles. The minimum absolute atomic E-state index is 0.0853. The van der Waals surface area contributed by atoms with Crippen molar-refractivity contribution in [3.05, 3.63) is 77.6 Å². The molecule has 0 fully saturated rings. The highest BCUT2D eigenvalue weighted by atomic mass is 19.4. The van der Waals surface area contributed by atoms with E-state index in [-0.39, 0.29) is 11.3 Å². The van der Waals surface area contributed by atoms with Crippen LogP contribution in [0.3, 0.4) is 0 Å². The molecule has 10 heteroatoms. The van der Waals surface area contributed by atoms with Crippen LogP contribution in [0.15, 0.2) is 55.0 Å². The Balaban J connectivity index is 1.56. The van der Waals surface area contributed by atoms with Gasteiger partial charge in [0.2, 0.25) is 0 Å². The molecule has 4 rings (SSSR count). The van der Waals surface area contributed by atoms with Gasteiger partial charge < -0.3 is 4.74 Å². The maximum atomic E-state index is 14.5. The molecule has 0 aliphatic carbocycles. The predicted octanol–water partition coefficient (Wildman–Crippen LogP) is 4.44. The van der Waals surface area contributed by atoms with E-state index in [1.165, 1.54) is 12.1 Å². The van der Waals surface area contributed by atoms with Crippen molar-refractivity contribution in [1.82, 2.24) is 19.4 Å². The number of aryl methyl sites for hydroxylation is 1. The zero-order valence-corrected chi connectivity index (χ0v) is 15.5. The van der Waals surface area contributed by atoms with Gasteiger partial charge in [0.25, 0.3) is 0 Å². The van der Waals surface area contributed by atoms with Gasteiger partial charge in [0.1, 0.15) is 5.52 Å². The quantitative estimate of drug-likeness (QED) is 0.355. The topological polar surface area (TPSA) is 61.4 Å². The molecule has 0 radical (unpaired) electrons. The van der Waals surface area contributed by atoms with E-state index in [0.29, 0.717) is 15.9 Å². The highest BCUT2D eigenvalue weighted by Gasteiger charge is 2.39. The Morgan fingerprint density at radius 3 is 2.67 bits per heavy atom. The number of Topliss-reactive ketones (excluding diaryl/α,β-unsaturated/α-hetero) is 1. The maximum absolute atomic E-state index is 14.5. The summed E-state index contributed by atoms with van der Waals surface area (Å²) in [4.78, 5) is 12.4. The first kappa shape index (κ1) is 19.6. The van der Waals surface area contributed by atoms with Gasteiger partial charge in [0.15, 0.2) is 28.8 Å². The number of hydrogen-bond acceptors (Lipinski definition) is 4. The number of carbonyl (C=O) groups is 1. The first-order valence-electron chi connectivity index (χ1n) is 8.75. The first-order valence-corrected chi connectivity index (χ1v) is 8.75. The molecule has 0 spiro atoms. The Morgan fingerprint density at radius 1 is 1.13 bits per heavy atom. The molecule has 0 aliphatic rings. The summed E-state index contributed by atoms with van der Waals surface area (Å²) in [6.45, 7) is 0. The Morgan fingerprint density at radius 2 is 1.93 bits per heavy atom. The summed E-state index contributed by atoms with van der Waals surface area (Å²) >= 11 is 0. The maximum Gasteiger partial charge on any atom is 0.433 e. The zero-order valence-electron chi connectivity index (χ0n) is 15.5. The minimum atomic E-state index is -4.73. The standard InChI is InChI=1S/C20H14F4N4O2/c1-27-19(20(22,23)24)13(11-26-27)16(29)10-12-4-5-17(14(21)9-12)30-18-3-2-8-28-15(18)6-7-25-28/h2-9,11H,10H2,1H3. The van der Waals surface area contributed by atoms with Gasteiger partial charge in [0, 0.05) is 19.7 Å². The van der Waals surface area contributed by atoms with E-state index in [1.807, 2.05) is 0 Å². The fourth-order valence-corrected chi connectivity index (χ4v) is 3.13. The number of benzene rings is 1. The molecule has 6 nitrogen and oxygen atoms in total. The molecule has 1 aromatic carbocycles. The van der Waals surface area contributed by atoms with Crippen molar-refractivity contribution in [2.24, 2.45) is 7.05 Å². The fourth-order valence-electron chi connectivity index (χ4n) is 3.13. The van der Waals surface area contributed by atoms with Crippen molar-refractivity contribution in [2.75, 3.05) is 0 Å². The van der Waals surface area contributed by atoms with Gasteiger partial charge in [-0.25, -0.2) is 8.91 Å². The molecular weight excluding hydrogens is 404 g/mol. The van der Waals surface area contributed by atoms with Gasteiger partial charge in [0.05, 0.1) is 18.0 Å². The van der Waals surface area contributed by atoms with Crippen LogP contribution in [0.2, 0.25) is 0 Å². The smallest absolute Gasteiger partial charge is 0.433 e. The molecule has 154 valence electrons. The molecule has 30 heavy (non-hydrogen) atoms. The number of nitrogens with zero attached hydrogens (tertiary/aromatic N) is 4. The second kappa shape index (κ2) is 7.29. The van der Waals surface area contributed by atoms with E-state index < -0.39 is 35.5 Å². The highest BCUT2D eigenvalue weighted by molar-refractivity contribution is 5.98. The zero-order chi connectivity index (χ0) is 21.5. The van der Waals surface area contributed by atoms with Gasteiger partial charge in [-0.2, -0.15) is 23.4 Å². The van der Waals surface area contributed by atoms with Crippen molar-refractivity contribution in [3.63, 3.8) is 0 Å². The number of ketones is 1. The van der Waals surface area contributed by atoms with E-state index in [4.69, 9.17) is 4.74 Å². The molecule has 0 unspecified atom stereocenters. The van der Waals surface area contributed by atoms with E-state index in [0.717, 1.165) is 19.3 Å². The summed E-state index contributed by atoms with van der Waals surface area (Å²) in [6.07, 6.45) is -0.995. The normalized spacial score (nSPS) is 11.8. The van der Waals surface area contributed by atoms with Crippen LogP contribution >= 0.6 is 0 Å². The van der Waals surface area contributed by atoms with E-state index in [1.54, 1.807) is 35.1 Å². The van der Waals surface area contributed by atoms with Crippen LogP contribution in [-0.2, 0) is 19.6 Å². The Labute approximate surface area is 167 Å². The summed E-state index contributed by atoms with van der Waals surface area (Å²) < 4.78 is 61.8. The number of carbonyl (C=O) groups excluding carboxylic acids is 1. The number of halogens is 4. The van der Waals surface area contributed by atoms with E-state index in [9.17, 15) is 22.4 Å². The predicted molar refractivity (Wildman–Crippen MR) is 97.9 cm³/mol. The molecule has 0 N–H and O–H groups in total. The highest BCUT2D eigenvalue weighted by Crippen LogP contribution is 2.33. The number of fused-ring (bicyclic) bond motifs is 1. The third-order valence-corrected chi connectivity index (χ3v) is 4.49. The molecule has 0 saturated heterocycles. The minimum Gasteiger partial charge on any atom is -0.452 e. The largest absolute Gasteiger partial charge is 0.452 e. The Hall–Kier alpha value is -3.69. The summed E-state index contributed by atoms with van der Waals surface area (Å²) in [5.74, 6) is -1.27. The summed E-state index contributed by atoms with van der Waals surface area (Å²) in [5.41, 5.74) is -0.850. The first-order chi connectivity index (χ1) is 14.2. The van der Waals surface area contributed by atoms with Crippen molar-refractivity contribution in [1.29, 1.82) is 0 Å². The lowest BCUT2D eigenvalue weighted by Crippen LogP contribution is -2.17. The van der Waals surface area contributed by atoms with Gasteiger partial charge >= 0.3 is 6.18 Å². The second-order valence-electron chi connectivity index (χ2n) is 6.53. The molecule has 4 aromatic rings. The number of pyridine rings is 1. The van der Waals surface area contributed by atoms with Crippen LogP contribution < -0.4 is 4.74 Å². The van der Waals surface area contributed by atoms with Crippen LogP contribution in [0.1, 0.15) is 21.6 Å². The van der Waals surface area contributed by atoms with Crippen LogP contribution in [0.4, 0.5) is 17.6 Å². The summed E-state index contributed by atoms with van der Waals surface area (Å²) in [7, 11) is 1.10. The third-order valence-electron chi connectivity index (χ3n) is 4.49. The van der Waals surface area contributed by atoms with Gasteiger partial charge in [-0.05, 0) is 35.9 Å². The van der Waals surface area contributed by atoms with Crippen LogP contribution in [0.5, 0.6) is 11.5 Å². The van der Waals surface area contributed by atoms with Crippen molar-refractivity contribution in [3.8, 4) is 11.5 Å². The Bertz CT molecular complexity index is 1240. The van der Waals surface area contributed by atoms with E-state index in [2.05, 4.69) is 10.2 Å². The molecule has 0 atom stereocenters. The average molecular weight is 418 g/mol. The molecule has 0 bridgehead atoms. The Kier molecular flexibility index (Phi) is 4.76. The van der Waals surface area contributed by atoms with Crippen LogP contribution in [0.25, 0.3) is 5.52 Å². The molecule has 0 saturated carbocycles. The lowest BCUT2D eigenvalue weighted by Gasteiger charge is -2.11. The number of alkyl halides is 3. The monoisotopic (exact) mass is 418 g/mol. The van der Waals surface area contributed by atoms with Crippen molar-refractivity contribution in [2.45, 2.75) is 12.6 Å². The van der Waals surface area contributed by atoms with Gasteiger partial charge in [-0.1, -0.05) is 6.07 Å². The van der Waals surface area contributed by atoms with Crippen LogP contribution in [0, 0.1) is 5.82 Å². The lowest BCUT2D eigenvalue weighted by atomic mass is 10.0. The molecular formula is C20H14F4N4O2. The molecule has 3 aromatic heterocycles. The fraction of sp³-hybridized carbons (Fsp3) is 0.150. The third kappa shape index (κ3) is 3.63. The lowest BCUT2D eigenvalue weighted by molar-refractivity contribution is -0.144. The molecule has 3 heterocycles. The van der Waals surface area contributed by atoms with Gasteiger partial charge in [-0.3, -0.25) is 9.48 Å². The number of hydrogen-bond donors (Lipinski definition) is 0. The average Bonchev–Trinajstić information content (AvgIpc) is 3.30.